The number of benzene rings is 1. The van der Waals surface area contributed by atoms with Crippen molar-refractivity contribution in [1.29, 1.82) is 0 Å². The lowest BCUT2D eigenvalue weighted by Crippen LogP contribution is -2.38. The summed E-state index contributed by atoms with van der Waals surface area (Å²) in [5.41, 5.74) is 1.17. The van der Waals surface area contributed by atoms with Crippen molar-refractivity contribution in [3.8, 4) is 0 Å². The SMILES string of the molecule is Cc1c(Br)c(C(F)(F)F)nn1CC(=O)N1CCCc2ccccc21. The number of hydrogen-bond acceptors (Lipinski definition) is 2. The molecule has 4 nitrogen and oxygen atoms in total. The number of rotatable bonds is 2. The van der Waals surface area contributed by atoms with Crippen molar-refractivity contribution in [2.45, 2.75) is 32.5 Å². The number of para-hydroxylation sites is 1. The fraction of sp³-hybridized carbons (Fsp3) is 0.375. The molecule has 1 aliphatic heterocycles. The van der Waals surface area contributed by atoms with Crippen LogP contribution >= 0.6 is 15.9 Å². The predicted molar refractivity (Wildman–Crippen MR) is 86.8 cm³/mol. The number of carbonyl (C=O) groups excluding carboxylic acids is 1. The van der Waals surface area contributed by atoms with E-state index >= 15 is 0 Å². The monoisotopic (exact) mass is 401 g/mol. The summed E-state index contributed by atoms with van der Waals surface area (Å²) in [6.07, 6.45) is -2.83. The van der Waals surface area contributed by atoms with Crippen molar-refractivity contribution in [1.82, 2.24) is 9.78 Å². The van der Waals surface area contributed by atoms with Gasteiger partial charge in [-0.2, -0.15) is 18.3 Å². The van der Waals surface area contributed by atoms with Gasteiger partial charge in [0.05, 0.1) is 10.2 Å². The van der Waals surface area contributed by atoms with E-state index in [1.54, 1.807) is 4.90 Å². The third kappa shape index (κ3) is 3.07. The summed E-state index contributed by atoms with van der Waals surface area (Å²) in [5, 5.41) is 3.57. The highest BCUT2D eigenvalue weighted by Gasteiger charge is 2.38. The summed E-state index contributed by atoms with van der Waals surface area (Å²) in [6, 6.07) is 7.59. The zero-order valence-electron chi connectivity index (χ0n) is 12.9. The molecule has 2 heterocycles. The Morgan fingerprint density at radius 1 is 1.33 bits per heavy atom. The highest BCUT2D eigenvalue weighted by atomic mass is 79.9. The quantitative estimate of drug-likeness (QED) is 0.763. The number of alkyl halides is 3. The van der Waals surface area contributed by atoms with Gasteiger partial charge in [-0.3, -0.25) is 9.48 Å². The van der Waals surface area contributed by atoms with E-state index in [1.807, 2.05) is 24.3 Å². The van der Waals surface area contributed by atoms with Crippen molar-refractivity contribution >= 4 is 27.5 Å². The van der Waals surface area contributed by atoms with Crippen LogP contribution in [0.2, 0.25) is 0 Å². The number of carbonyl (C=O) groups is 1. The lowest BCUT2D eigenvalue weighted by atomic mass is 10.0. The Hall–Kier alpha value is -1.83. The Kier molecular flexibility index (Phi) is 4.42. The molecule has 128 valence electrons. The first-order valence-corrected chi connectivity index (χ1v) is 8.26. The molecular formula is C16H15BrF3N3O. The average Bonchev–Trinajstić information content (AvgIpc) is 2.82. The molecule has 0 N–H and O–H groups in total. The van der Waals surface area contributed by atoms with Crippen molar-refractivity contribution in [3.63, 3.8) is 0 Å². The van der Waals surface area contributed by atoms with E-state index < -0.39 is 11.9 Å². The number of halogens is 4. The Balaban J connectivity index is 1.87. The van der Waals surface area contributed by atoms with Gasteiger partial charge >= 0.3 is 6.18 Å². The standard InChI is InChI=1S/C16H15BrF3N3O/c1-10-14(17)15(16(18,19)20)21-23(10)9-13(24)22-8-4-6-11-5-2-3-7-12(11)22/h2-3,5,7H,4,6,8-9H2,1H3. The van der Waals surface area contributed by atoms with Gasteiger partial charge in [-0.05, 0) is 47.3 Å². The fourth-order valence-electron chi connectivity index (χ4n) is 2.87. The van der Waals surface area contributed by atoms with Crippen molar-refractivity contribution < 1.29 is 18.0 Å². The van der Waals surface area contributed by atoms with Crippen LogP contribution in [0.1, 0.15) is 23.4 Å². The minimum atomic E-state index is -4.56. The van der Waals surface area contributed by atoms with Gasteiger partial charge in [0, 0.05) is 12.2 Å². The number of anilines is 1. The summed E-state index contributed by atoms with van der Waals surface area (Å²) in [7, 11) is 0. The van der Waals surface area contributed by atoms with E-state index in [0.717, 1.165) is 28.8 Å². The van der Waals surface area contributed by atoms with Crippen LogP contribution in [0.25, 0.3) is 0 Å². The molecule has 1 aromatic carbocycles. The summed E-state index contributed by atoms with van der Waals surface area (Å²) in [4.78, 5) is 14.2. The predicted octanol–water partition coefficient (Wildman–Crippen LogP) is 3.95. The van der Waals surface area contributed by atoms with Gasteiger partial charge in [0.1, 0.15) is 6.54 Å². The Bertz CT molecular complexity index is 785. The van der Waals surface area contributed by atoms with Crippen molar-refractivity contribution in [3.05, 3.63) is 45.7 Å². The van der Waals surface area contributed by atoms with Crippen LogP contribution in [-0.4, -0.2) is 22.2 Å². The number of nitrogens with zero attached hydrogens (tertiary/aromatic N) is 3. The molecule has 0 radical (unpaired) electrons. The minimum absolute atomic E-state index is 0.123. The number of aryl methyl sites for hydroxylation is 1. The van der Waals surface area contributed by atoms with Crippen LogP contribution in [0.3, 0.4) is 0 Å². The lowest BCUT2D eigenvalue weighted by molar-refractivity contribution is -0.142. The highest BCUT2D eigenvalue weighted by Crippen LogP contribution is 2.35. The molecule has 0 bridgehead atoms. The zero-order chi connectivity index (χ0) is 17.5. The van der Waals surface area contributed by atoms with E-state index in [9.17, 15) is 18.0 Å². The lowest BCUT2D eigenvalue weighted by Gasteiger charge is -2.29. The van der Waals surface area contributed by atoms with Crippen LogP contribution < -0.4 is 4.90 Å². The van der Waals surface area contributed by atoms with Gasteiger partial charge in [-0.25, -0.2) is 0 Å². The van der Waals surface area contributed by atoms with Crippen LogP contribution in [-0.2, 0) is 23.9 Å². The van der Waals surface area contributed by atoms with Crippen LogP contribution in [0, 0.1) is 6.92 Å². The molecule has 0 fully saturated rings. The van der Waals surface area contributed by atoms with E-state index in [4.69, 9.17) is 0 Å². The van der Waals surface area contributed by atoms with E-state index in [-0.39, 0.29) is 22.6 Å². The molecule has 1 aromatic heterocycles. The Morgan fingerprint density at radius 2 is 2.04 bits per heavy atom. The topological polar surface area (TPSA) is 38.1 Å². The number of fused-ring (bicyclic) bond motifs is 1. The molecule has 3 rings (SSSR count). The number of aromatic nitrogens is 2. The maximum Gasteiger partial charge on any atom is 0.436 e. The summed E-state index contributed by atoms with van der Waals surface area (Å²) in [5.74, 6) is -0.269. The second kappa shape index (κ2) is 6.23. The molecule has 2 aromatic rings. The van der Waals surface area contributed by atoms with Gasteiger partial charge in [0.25, 0.3) is 0 Å². The first-order chi connectivity index (χ1) is 11.3. The molecule has 1 amide bonds. The van der Waals surface area contributed by atoms with Crippen molar-refractivity contribution in [2.24, 2.45) is 0 Å². The molecule has 0 saturated carbocycles. The third-order valence-electron chi connectivity index (χ3n) is 4.10. The largest absolute Gasteiger partial charge is 0.436 e. The first kappa shape index (κ1) is 17.0. The fourth-order valence-corrected chi connectivity index (χ4v) is 3.37. The first-order valence-electron chi connectivity index (χ1n) is 7.47. The highest BCUT2D eigenvalue weighted by molar-refractivity contribution is 9.10. The van der Waals surface area contributed by atoms with Gasteiger partial charge in [0.2, 0.25) is 5.91 Å². The van der Waals surface area contributed by atoms with E-state index in [1.165, 1.54) is 6.92 Å². The summed E-state index contributed by atoms with van der Waals surface area (Å²) >= 11 is 2.92. The molecular weight excluding hydrogens is 387 g/mol. The number of amides is 1. The average molecular weight is 402 g/mol. The van der Waals surface area contributed by atoms with E-state index in [0.29, 0.717) is 6.54 Å². The van der Waals surface area contributed by atoms with Gasteiger partial charge in [0.15, 0.2) is 5.69 Å². The third-order valence-corrected chi connectivity index (χ3v) is 5.05. The molecule has 8 heteroatoms. The van der Waals surface area contributed by atoms with Gasteiger partial charge in [-0.1, -0.05) is 18.2 Å². The van der Waals surface area contributed by atoms with Crippen LogP contribution in [0.5, 0.6) is 0 Å². The summed E-state index contributed by atoms with van der Waals surface area (Å²) < 4.78 is 39.8. The van der Waals surface area contributed by atoms with Gasteiger partial charge < -0.3 is 4.90 Å². The second-order valence-electron chi connectivity index (χ2n) is 5.68. The molecule has 0 saturated heterocycles. The zero-order valence-corrected chi connectivity index (χ0v) is 14.5. The second-order valence-corrected chi connectivity index (χ2v) is 6.47. The molecule has 0 aliphatic carbocycles. The molecule has 0 atom stereocenters. The Labute approximate surface area is 145 Å². The molecule has 0 spiro atoms. The molecule has 0 unspecified atom stereocenters. The minimum Gasteiger partial charge on any atom is -0.311 e. The molecule has 24 heavy (non-hydrogen) atoms. The van der Waals surface area contributed by atoms with Gasteiger partial charge in [-0.15, -0.1) is 0 Å². The van der Waals surface area contributed by atoms with Crippen molar-refractivity contribution in [2.75, 3.05) is 11.4 Å². The van der Waals surface area contributed by atoms with E-state index in [2.05, 4.69) is 21.0 Å². The maximum absolute atomic E-state index is 12.9. The molecule has 1 aliphatic rings. The number of hydrogen-bond donors (Lipinski definition) is 0. The van der Waals surface area contributed by atoms with Crippen LogP contribution in [0.4, 0.5) is 18.9 Å². The normalized spacial score (nSPS) is 14.6. The Morgan fingerprint density at radius 3 is 2.71 bits per heavy atom. The maximum atomic E-state index is 12.9. The van der Waals surface area contributed by atoms with Crippen LogP contribution in [0.15, 0.2) is 28.7 Å². The smallest absolute Gasteiger partial charge is 0.311 e. The summed E-state index contributed by atoms with van der Waals surface area (Å²) in [6.45, 7) is 1.84.